The van der Waals surface area contributed by atoms with Crippen molar-refractivity contribution in [3.8, 4) is 5.75 Å². The van der Waals surface area contributed by atoms with Crippen molar-refractivity contribution in [2.75, 3.05) is 11.9 Å². The summed E-state index contributed by atoms with van der Waals surface area (Å²) in [5, 5.41) is 21.2. The number of nitrogens with zero attached hydrogens (tertiary/aromatic N) is 2. The quantitative estimate of drug-likeness (QED) is 0.346. The molecule has 1 aromatic heterocycles. The first kappa shape index (κ1) is 16.4. The van der Waals surface area contributed by atoms with E-state index in [1.807, 2.05) is 10.1 Å². The summed E-state index contributed by atoms with van der Waals surface area (Å²) in [5.74, 6) is -0.746. The lowest BCUT2D eigenvalue weighted by Gasteiger charge is -2.03. The largest absolute Gasteiger partial charge is 0.507 e. The van der Waals surface area contributed by atoms with Crippen LogP contribution in [0.4, 0.5) is 5.82 Å². The van der Waals surface area contributed by atoms with Gasteiger partial charge in [-0.15, -0.1) is 5.10 Å². The van der Waals surface area contributed by atoms with Gasteiger partial charge in [-0.1, -0.05) is 15.9 Å². The maximum Gasteiger partial charge on any atom is 0.342 e. The molecule has 0 aliphatic carbocycles. The Hall–Kier alpha value is -2.95. The van der Waals surface area contributed by atoms with Crippen LogP contribution in [0.5, 0.6) is 5.75 Å². The van der Waals surface area contributed by atoms with Crippen molar-refractivity contribution in [2.45, 2.75) is 0 Å². The number of hydrazone groups is 1. The third-order valence-electron chi connectivity index (χ3n) is 2.51. The highest BCUT2D eigenvalue weighted by molar-refractivity contribution is 9.10. The van der Waals surface area contributed by atoms with Gasteiger partial charge in [0, 0.05) is 10.0 Å². The van der Waals surface area contributed by atoms with Gasteiger partial charge in [-0.25, -0.2) is 15.3 Å². The fraction of sp³-hybridized carbons (Fsp3) is 0.0833. The molecule has 0 fully saturated rings. The standard InChI is InChI=1S/C12H11BrN6O4/c13-7-1-2-8(20)6(3-7)4-15-17-9(21)5-14-10-11(22)16-12(23)19-18-10/h1-4,20H,5H2,(H,14,18)(H,17,21)(H2,16,19,22,23)/b15-4-. The highest BCUT2D eigenvalue weighted by atomic mass is 79.9. The Morgan fingerprint density at radius 1 is 1.43 bits per heavy atom. The zero-order valence-electron chi connectivity index (χ0n) is 11.5. The van der Waals surface area contributed by atoms with Crippen LogP contribution in [0.3, 0.4) is 0 Å². The van der Waals surface area contributed by atoms with E-state index in [4.69, 9.17) is 0 Å². The molecule has 1 amide bonds. The van der Waals surface area contributed by atoms with Gasteiger partial charge in [0.15, 0.2) is 0 Å². The third-order valence-corrected chi connectivity index (χ3v) is 3.00. The molecule has 5 N–H and O–H groups in total. The summed E-state index contributed by atoms with van der Waals surface area (Å²) < 4.78 is 0.744. The summed E-state index contributed by atoms with van der Waals surface area (Å²) in [6.45, 7) is -0.288. The van der Waals surface area contributed by atoms with Crippen LogP contribution < -0.4 is 22.0 Å². The average molecular weight is 383 g/mol. The number of hydrogen-bond donors (Lipinski definition) is 5. The number of phenols is 1. The number of H-pyrrole nitrogens is 2. The molecular formula is C12H11BrN6O4. The van der Waals surface area contributed by atoms with Crippen molar-refractivity contribution in [1.82, 2.24) is 20.6 Å². The number of hydrogen-bond acceptors (Lipinski definition) is 7. The molecule has 23 heavy (non-hydrogen) atoms. The van der Waals surface area contributed by atoms with Crippen molar-refractivity contribution < 1.29 is 9.90 Å². The Balaban J connectivity index is 1.90. The maximum atomic E-state index is 11.6. The van der Waals surface area contributed by atoms with E-state index in [1.54, 1.807) is 12.1 Å². The Morgan fingerprint density at radius 2 is 2.22 bits per heavy atom. The van der Waals surface area contributed by atoms with Crippen LogP contribution in [0.2, 0.25) is 0 Å². The number of anilines is 1. The predicted octanol–water partition coefficient (Wildman–Crippen LogP) is -0.511. The fourth-order valence-electron chi connectivity index (χ4n) is 1.47. The van der Waals surface area contributed by atoms with Crippen LogP contribution in [0.15, 0.2) is 37.4 Å². The summed E-state index contributed by atoms with van der Waals surface area (Å²) in [7, 11) is 0. The molecule has 1 aromatic carbocycles. The summed E-state index contributed by atoms with van der Waals surface area (Å²) >= 11 is 3.24. The number of rotatable bonds is 5. The second kappa shape index (κ2) is 7.35. The number of carbonyl (C=O) groups is 1. The van der Waals surface area contributed by atoms with E-state index in [2.05, 4.69) is 36.9 Å². The van der Waals surface area contributed by atoms with Crippen LogP contribution in [-0.2, 0) is 4.79 Å². The fourth-order valence-corrected chi connectivity index (χ4v) is 1.85. The van der Waals surface area contributed by atoms with Crippen molar-refractivity contribution in [3.63, 3.8) is 0 Å². The summed E-state index contributed by atoms with van der Waals surface area (Å²) in [4.78, 5) is 35.6. The minimum Gasteiger partial charge on any atom is -0.507 e. The number of benzene rings is 1. The summed E-state index contributed by atoms with van der Waals surface area (Å²) in [6.07, 6.45) is 1.27. The van der Waals surface area contributed by atoms with Gasteiger partial charge >= 0.3 is 5.69 Å². The van der Waals surface area contributed by atoms with Gasteiger partial charge in [0.1, 0.15) is 5.75 Å². The SMILES string of the molecule is O=C(CNc1n[nH]c(=O)[nH]c1=O)N/N=C\c1cc(Br)ccc1O. The van der Waals surface area contributed by atoms with Crippen LogP contribution in [0.1, 0.15) is 5.56 Å². The van der Waals surface area contributed by atoms with Gasteiger partial charge in [-0.05, 0) is 18.2 Å². The average Bonchev–Trinajstić information content (AvgIpc) is 2.50. The second-order valence-electron chi connectivity index (χ2n) is 4.21. The minimum absolute atomic E-state index is 0.00768. The molecule has 0 saturated heterocycles. The highest BCUT2D eigenvalue weighted by Gasteiger charge is 2.05. The topological polar surface area (TPSA) is 152 Å². The maximum absolute atomic E-state index is 11.6. The lowest BCUT2D eigenvalue weighted by atomic mass is 10.2. The lowest BCUT2D eigenvalue weighted by Crippen LogP contribution is -2.31. The number of nitrogens with one attached hydrogen (secondary N) is 4. The molecule has 0 unspecified atom stereocenters. The molecule has 0 aliphatic rings. The summed E-state index contributed by atoms with van der Waals surface area (Å²) in [5.41, 5.74) is 1.12. The molecule has 0 radical (unpaired) electrons. The molecule has 120 valence electrons. The molecule has 2 rings (SSSR count). The normalized spacial score (nSPS) is 10.7. The molecular weight excluding hydrogens is 372 g/mol. The first-order chi connectivity index (χ1) is 11.0. The molecule has 11 heteroatoms. The first-order valence-electron chi connectivity index (χ1n) is 6.19. The van der Waals surface area contributed by atoms with Gasteiger partial charge < -0.3 is 10.4 Å². The zero-order chi connectivity index (χ0) is 16.8. The Labute approximate surface area is 136 Å². The minimum atomic E-state index is -0.747. The molecule has 0 atom stereocenters. The number of carbonyl (C=O) groups excluding carboxylic acids is 1. The second-order valence-corrected chi connectivity index (χ2v) is 5.12. The van der Waals surface area contributed by atoms with E-state index >= 15 is 0 Å². The predicted molar refractivity (Wildman–Crippen MR) is 85.5 cm³/mol. The lowest BCUT2D eigenvalue weighted by molar-refractivity contribution is -0.119. The zero-order valence-corrected chi connectivity index (χ0v) is 13.0. The third kappa shape index (κ3) is 4.78. The van der Waals surface area contributed by atoms with E-state index < -0.39 is 17.2 Å². The molecule has 0 spiro atoms. The Kier molecular flexibility index (Phi) is 5.25. The van der Waals surface area contributed by atoms with E-state index in [-0.39, 0.29) is 18.1 Å². The van der Waals surface area contributed by atoms with Crippen LogP contribution in [0.25, 0.3) is 0 Å². The number of amides is 1. The molecule has 2 aromatic rings. The van der Waals surface area contributed by atoms with E-state index in [0.29, 0.717) is 5.56 Å². The number of aromatic amines is 2. The molecule has 10 nitrogen and oxygen atoms in total. The first-order valence-corrected chi connectivity index (χ1v) is 6.98. The number of aromatic nitrogens is 3. The van der Waals surface area contributed by atoms with Crippen LogP contribution in [0, 0.1) is 0 Å². The van der Waals surface area contributed by atoms with Crippen molar-refractivity contribution in [1.29, 1.82) is 0 Å². The number of phenolic OH excluding ortho intramolecular Hbond substituents is 1. The summed E-state index contributed by atoms with van der Waals surface area (Å²) in [6, 6.07) is 4.75. The molecule has 1 heterocycles. The van der Waals surface area contributed by atoms with Crippen molar-refractivity contribution in [3.05, 3.63) is 49.1 Å². The Morgan fingerprint density at radius 3 is 2.96 bits per heavy atom. The van der Waals surface area contributed by atoms with E-state index in [9.17, 15) is 19.5 Å². The van der Waals surface area contributed by atoms with Crippen LogP contribution in [-0.4, -0.2) is 39.0 Å². The van der Waals surface area contributed by atoms with Gasteiger partial charge in [0.2, 0.25) is 5.82 Å². The highest BCUT2D eigenvalue weighted by Crippen LogP contribution is 2.19. The molecule has 0 saturated carbocycles. The van der Waals surface area contributed by atoms with Crippen molar-refractivity contribution in [2.24, 2.45) is 5.10 Å². The van der Waals surface area contributed by atoms with Gasteiger partial charge in [0.05, 0.1) is 12.8 Å². The van der Waals surface area contributed by atoms with E-state index in [0.717, 1.165) is 4.47 Å². The Bertz CT molecular complexity index is 859. The number of halogens is 1. The molecule has 0 aliphatic heterocycles. The molecule has 0 bridgehead atoms. The number of aromatic hydroxyl groups is 1. The van der Waals surface area contributed by atoms with Gasteiger partial charge in [-0.2, -0.15) is 5.10 Å². The smallest absolute Gasteiger partial charge is 0.342 e. The van der Waals surface area contributed by atoms with Gasteiger partial charge in [-0.3, -0.25) is 14.6 Å². The van der Waals surface area contributed by atoms with Crippen molar-refractivity contribution >= 4 is 33.9 Å². The van der Waals surface area contributed by atoms with Crippen LogP contribution >= 0.6 is 15.9 Å². The monoisotopic (exact) mass is 382 g/mol. The van der Waals surface area contributed by atoms with Gasteiger partial charge in [0.25, 0.3) is 11.5 Å². The van der Waals surface area contributed by atoms with E-state index in [1.165, 1.54) is 12.3 Å².